The molecule has 0 spiro atoms. The molecule has 6 heteroatoms. The molecule has 0 bridgehead atoms. The number of nitrogens with one attached hydrogen (secondary N) is 1. The van der Waals surface area contributed by atoms with Crippen LogP contribution in [0, 0.1) is 5.82 Å². The van der Waals surface area contributed by atoms with Crippen molar-refractivity contribution in [2.45, 2.75) is 45.7 Å². The van der Waals surface area contributed by atoms with Crippen molar-refractivity contribution in [3.05, 3.63) is 66.0 Å². The predicted molar refractivity (Wildman–Crippen MR) is 99.3 cm³/mol. The van der Waals surface area contributed by atoms with Gasteiger partial charge in [0.05, 0.1) is 12.2 Å². The van der Waals surface area contributed by atoms with Crippen molar-refractivity contribution in [1.82, 2.24) is 0 Å². The Morgan fingerprint density at radius 2 is 1.40 bits per heavy atom. The molecule has 4 nitrogen and oxygen atoms in total. The number of benzene rings is 2. The van der Waals surface area contributed by atoms with Crippen LogP contribution in [0.1, 0.15) is 39.0 Å². The molecule has 1 N–H and O–H groups in total. The topological polar surface area (TPSA) is 47.6 Å². The Morgan fingerprint density at radius 1 is 0.880 bits per heavy atom. The number of rotatable bonds is 8. The van der Waals surface area contributed by atoms with E-state index in [1.807, 2.05) is 30.3 Å². The molecule has 0 aliphatic carbocycles. The van der Waals surface area contributed by atoms with E-state index in [-0.39, 0.29) is 17.8 Å². The van der Waals surface area contributed by atoms with Crippen molar-refractivity contribution >= 4 is 13.3 Å². The molecule has 0 unspecified atom stereocenters. The predicted octanol–water partition coefficient (Wildman–Crippen LogP) is 5.98. The third kappa shape index (κ3) is 5.40. The summed E-state index contributed by atoms with van der Waals surface area (Å²) in [6.07, 6.45) is -0.673. The highest BCUT2D eigenvalue weighted by Crippen LogP contribution is 2.62. The van der Waals surface area contributed by atoms with Crippen LogP contribution in [-0.2, 0) is 13.6 Å². The van der Waals surface area contributed by atoms with Gasteiger partial charge < -0.3 is 14.4 Å². The Morgan fingerprint density at radius 3 is 1.92 bits per heavy atom. The summed E-state index contributed by atoms with van der Waals surface area (Å²) in [5.41, 5.74) is 0.951. The Kier molecular flexibility index (Phi) is 6.77. The minimum atomic E-state index is -3.71. The molecule has 0 radical (unpaired) electrons. The quantitative estimate of drug-likeness (QED) is 0.585. The molecule has 0 aliphatic rings. The van der Waals surface area contributed by atoms with Gasteiger partial charge in [0.2, 0.25) is 0 Å². The standard InChI is InChI=1S/C19H25FNO3P/c1-14(2)23-25(22,24-15(3)4)19(17-12-8-9-13-18(17)20)21-16-10-6-5-7-11-16/h5-15,19,21H,1-4H3/t19-/m1/s1. The number of hydrogen-bond acceptors (Lipinski definition) is 4. The first-order valence-electron chi connectivity index (χ1n) is 8.34. The summed E-state index contributed by atoms with van der Waals surface area (Å²) >= 11 is 0. The van der Waals surface area contributed by atoms with Crippen LogP contribution in [0.4, 0.5) is 10.1 Å². The van der Waals surface area contributed by atoms with E-state index in [1.165, 1.54) is 6.07 Å². The Balaban J connectivity index is 2.51. The summed E-state index contributed by atoms with van der Waals surface area (Å²) in [4.78, 5) is 0. The molecule has 0 amide bonds. The van der Waals surface area contributed by atoms with Crippen LogP contribution < -0.4 is 5.32 Å². The van der Waals surface area contributed by atoms with Gasteiger partial charge in [0.1, 0.15) is 5.82 Å². The molecule has 1 atom stereocenters. The molecule has 25 heavy (non-hydrogen) atoms. The zero-order valence-corrected chi connectivity index (χ0v) is 15.9. The second-order valence-electron chi connectivity index (χ2n) is 6.28. The van der Waals surface area contributed by atoms with E-state index in [0.717, 1.165) is 0 Å². The first-order chi connectivity index (χ1) is 11.8. The van der Waals surface area contributed by atoms with Crippen LogP contribution in [0.3, 0.4) is 0 Å². The van der Waals surface area contributed by atoms with Gasteiger partial charge in [0, 0.05) is 11.3 Å². The molecular weight excluding hydrogens is 340 g/mol. The van der Waals surface area contributed by atoms with Crippen molar-refractivity contribution in [3.8, 4) is 0 Å². The minimum absolute atomic E-state index is 0.246. The maximum Gasteiger partial charge on any atom is 0.357 e. The van der Waals surface area contributed by atoms with E-state index in [0.29, 0.717) is 5.69 Å². The van der Waals surface area contributed by atoms with Gasteiger partial charge in [0.15, 0.2) is 5.78 Å². The number of para-hydroxylation sites is 1. The lowest BCUT2D eigenvalue weighted by Gasteiger charge is -2.31. The van der Waals surface area contributed by atoms with Gasteiger partial charge in [0.25, 0.3) is 0 Å². The zero-order valence-electron chi connectivity index (χ0n) is 15.0. The molecule has 2 aromatic rings. The van der Waals surface area contributed by atoms with Crippen molar-refractivity contribution < 1.29 is 18.0 Å². The van der Waals surface area contributed by atoms with E-state index < -0.39 is 19.2 Å². The first-order valence-corrected chi connectivity index (χ1v) is 9.95. The second-order valence-corrected chi connectivity index (χ2v) is 8.30. The molecule has 0 saturated carbocycles. The smallest absolute Gasteiger partial charge is 0.357 e. The average molecular weight is 365 g/mol. The molecular formula is C19H25FNO3P. The molecule has 2 rings (SSSR count). The van der Waals surface area contributed by atoms with Crippen LogP contribution in [-0.4, -0.2) is 12.2 Å². The van der Waals surface area contributed by atoms with Crippen LogP contribution in [0.15, 0.2) is 54.6 Å². The fourth-order valence-electron chi connectivity index (χ4n) is 2.45. The van der Waals surface area contributed by atoms with Gasteiger partial charge in [-0.05, 0) is 45.9 Å². The zero-order chi connectivity index (χ0) is 18.4. The fraction of sp³-hybridized carbons (Fsp3) is 0.368. The van der Waals surface area contributed by atoms with Gasteiger partial charge in [-0.1, -0.05) is 36.4 Å². The summed E-state index contributed by atoms with van der Waals surface area (Å²) < 4.78 is 39.5. The summed E-state index contributed by atoms with van der Waals surface area (Å²) in [5, 5.41) is 3.13. The summed E-state index contributed by atoms with van der Waals surface area (Å²) in [6, 6.07) is 15.4. The lowest BCUT2D eigenvalue weighted by Crippen LogP contribution is -2.20. The van der Waals surface area contributed by atoms with Gasteiger partial charge in [-0.3, -0.25) is 4.57 Å². The Hall–Kier alpha value is -1.68. The average Bonchev–Trinajstić information content (AvgIpc) is 2.53. The number of anilines is 1. The lowest BCUT2D eigenvalue weighted by atomic mass is 10.2. The maximum absolute atomic E-state index is 14.5. The third-order valence-electron chi connectivity index (χ3n) is 3.31. The summed E-state index contributed by atoms with van der Waals surface area (Å²) in [6.45, 7) is 7.10. The van der Waals surface area contributed by atoms with E-state index in [4.69, 9.17) is 9.05 Å². The van der Waals surface area contributed by atoms with E-state index >= 15 is 0 Å². The highest BCUT2D eigenvalue weighted by molar-refractivity contribution is 7.54. The fourth-order valence-corrected chi connectivity index (χ4v) is 4.78. The summed E-state index contributed by atoms with van der Waals surface area (Å²) in [5.74, 6) is -1.42. The van der Waals surface area contributed by atoms with Gasteiger partial charge in [-0.2, -0.15) is 0 Å². The molecule has 0 aliphatic heterocycles. The monoisotopic (exact) mass is 365 g/mol. The van der Waals surface area contributed by atoms with Gasteiger partial charge in [-0.25, -0.2) is 4.39 Å². The molecule has 0 fully saturated rings. The van der Waals surface area contributed by atoms with Crippen molar-refractivity contribution in [3.63, 3.8) is 0 Å². The van der Waals surface area contributed by atoms with E-state index in [9.17, 15) is 8.96 Å². The summed E-state index contributed by atoms with van der Waals surface area (Å²) in [7, 11) is -3.71. The van der Waals surface area contributed by atoms with Crippen LogP contribution >= 0.6 is 7.60 Å². The maximum atomic E-state index is 14.5. The van der Waals surface area contributed by atoms with Gasteiger partial charge >= 0.3 is 7.60 Å². The molecule has 2 aromatic carbocycles. The van der Waals surface area contributed by atoms with Crippen LogP contribution in [0.25, 0.3) is 0 Å². The normalized spacial score (nSPS) is 13.2. The molecule has 136 valence electrons. The molecule has 0 aromatic heterocycles. The van der Waals surface area contributed by atoms with Crippen LogP contribution in [0.2, 0.25) is 0 Å². The van der Waals surface area contributed by atoms with Gasteiger partial charge in [-0.15, -0.1) is 0 Å². The minimum Gasteiger partial charge on any atom is -0.368 e. The highest BCUT2D eigenvalue weighted by atomic mass is 31.2. The second kappa shape index (κ2) is 8.61. The number of hydrogen-bond donors (Lipinski definition) is 1. The number of halogens is 1. The van der Waals surface area contributed by atoms with E-state index in [2.05, 4.69) is 5.32 Å². The van der Waals surface area contributed by atoms with E-state index in [1.54, 1.807) is 45.9 Å². The highest BCUT2D eigenvalue weighted by Gasteiger charge is 2.40. The third-order valence-corrected chi connectivity index (χ3v) is 5.78. The Bertz CT molecular complexity index is 708. The van der Waals surface area contributed by atoms with Crippen molar-refractivity contribution in [2.24, 2.45) is 0 Å². The molecule has 0 saturated heterocycles. The Labute approximate surface area is 148 Å². The van der Waals surface area contributed by atoms with Crippen molar-refractivity contribution in [1.29, 1.82) is 0 Å². The van der Waals surface area contributed by atoms with Crippen molar-refractivity contribution in [2.75, 3.05) is 5.32 Å². The molecule has 0 heterocycles. The van der Waals surface area contributed by atoms with Crippen LogP contribution in [0.5, 0.6) is 0 Å². The largest absolute Gasteiger partial charge is 0.368 e. The first kappa shape index (κ1) is 19.6. The SMILES string of the molecule is CC(C)OP(=O)(OC(C)C)[C@@H](Nc1ccccc1)c1ccccc1F. The lowest BCUT2D eigenvalue weighted by molar-refractivity contribution is 0.137.